The van der Waals surface area contributed by atoms with Gasteiger partial charge >= 0.3 is 6.18 Å². The lowest BCUT2D eigenvalue weighted by molar-refractivity contribution is -0.198. The van der Waals surface area contributed by atoms with Gasteiger partial charge < -0.3 is 4.90 Å². The lowest BCUT2D eigenvalue weighted by atomic mass is 9.73. The number of fused-ring (bicyclic) bond motifs is 1. The van der Waals surface area contributed by atoms with Crippen LogP contribution in [0.15, 0.2) is 0 Å². The van der Waals surface area contributed by atoms with Crippen molar-refractivity contribution < 1.29 is 18.0 Å². The monoisotopic (exact) mass is 501 g/mol. The maximum atomic E-state index is 13.8. The van der Waals surface area contributed by atoms with Gasteiger partial charge in [0.1, 0.15) is 0 Å². The Hall–Kier alpha value is -0.980. The number of alkyl halides is 3. The Morgan fingerprint density at radius 2 is 1.94 bits per heavy atom. The molecule has 0 bridgehead atoms. The molecule has 1 amide bonds. The van der Waals surface area contributed by atoms with Crippen molar-refractivity contribution in [3.63, 3.8) is 0 Å². The van der Waals surface area contributed by atoms with E-state index in [0.29, 0.717) is 30.6 Å². The summed E-state index contributed by atoms with van der Waals surface area (Å²) < 4.78 is 41.4. The average molecular weight is 502 g/mol. The van der Waals surface area contributed by atoms with Gasteiger partial charge in [-0.05, 0) is 62.8 Å². The van der Waals surface area contributed by atoms with Gasteiger partial charge in [-0.15, -0.1) is 0 Å². The van der Waals surface area contributed by atoms with Crippen molar-refractivity contribution in [1.29, 1.82) is 0 Å². The van der Waals surface area contributed by atoms with E-state index in [1.54, 1.807) is 4.90 Å². The van der Waals surface area contributed by atoms with Crippen LogP contribution in [0.2, 0.25) is 0 Å². The molecule has 0 aromatic heterocycles. The summed E-state index contributed by atoms with van der Waals surface area (Å²) in [5.41, 5.74) is 13.2. The lowest BCUT2D eigenvalue weighted by Gasteiger charge is -2.45. The van der Waals surface area contributed by atoms with Crippen LogP contribution in [0.1, 0.15) is 52.4 Å². The van der Waals surface area contributed by atoms with Gasteiger partial charge in [0.05, 0.1) is 24.9 Å². The maximum absolute atomic E-state index is 13.8. The van der Waals surface area contributed by atoms with E-state index in [9.17, 15) is 18.0 Å². The van der Waals surface area contributed by atoms with Crippen molar-refractivity contribution in [2.24, 2.45) is 35.5 Å². The van der Waals surface area contributed by atoms with Gasteiger partial charge in [0, 0.05) is 31.1 Å². The Kier molecular flexibility index (Phi) is 7.37. The summed E-state index contributed by atoms with van der Waals surface area (Å²) in [4.78, 5) is 17.5. The zero-order valence-electron chi connectivity index (χ0n) is 21.1. The number of nitrogens with one attached hydrogen (secondary N) is 5. The summed E-state index contributed by atoms with van der Waals surface area (Å²) >= 11 is 0. The fourth-order valence-corrected chi connectivity index (χ4v) is 7.47. The fourth-order valence-electron chi connectivity index (χ4n) is 7.47. The van der Waals surface area contributed by atoms with Crippen LogP contribution in [-0.4, -0.2) is 73.1 Å². The average Bonchev–Trinajstić information content (AvgIpc) is 3.52. The number of rotatable bonds is 5. The Morgan fingerprint density at radius 3 is 2.60 bits per heavy atom. The summed E-state index contributed by atoms with van der Waals surface area (Å²) in [6.07, 6.45) is -0.213. The normalized spacial score (nSPS) is 44.1. The van der Waals surface area contributed by atoms with Crippen LogP contribution in [0.3, 0.4) is 0 Å². The van der Waals surface area contributed by atoms with Crippen molar-refractivity contribution in [3.05, 3.63) is 0 Å². The Bertz CT molecular complexity index is 770. The van der Waals surface area contributed by atoms with Crippen molar-refractivity contribution in [2.75, 3.05) is 26.8 Å². The molecule has 200 valence electrons. The fraction of sp³-hybridized carbons (Fsp3) is 0.958. The standard InChI is InChI=1S/C24H42F3N7O/c1-13(7-21-31-29-12-33(21)3)15-8-19(22-14(2)10-28-32-22)30-20(9-15)34-11-17-16(23(34)35)5-4-6-18(17)24(25,26)27/h13-22,28-32H,4-12H2,1-3H3/t13-,14?,15?,16?,17?,18?,19?,20?,21?,22?/m1/s1. The third kappa shape index (κ3) is 5.09. The molecule has 1 saturated carbocycles. The van der Waals surface area contributed by atoms with Crippen LogP contribution in [0, 0.1) is 35.5 Å². The molecule has 4 saturated heterocycles. The first-order chi connectivity index (χ1) is 16.6. The van der Waals surface area contributed by atoms with E-state index < -0.39 is 23.9 Å². The molecule has 4 aliphatic heterocycles. The van der Waals surface area contributed by atoms with Crippen molar-refractivity contribution in [2.45, 2.75) is 83.0 Å². The number of hydrogen-bond donors (Lipinski definition) is 5. The van der Waals surface area contributed by atoms with Gasteiger partial charge in [-0.3, -0.25) is 25.9 Å². The van der Waals surface area contributed by atoms with Crippen LogP contribution in [0.4, 0.5) is 13.2 Å². The summed E-state index contributed by atoms with van der Waals surface area (Å²) in [5, 5.41) is 3.73. The lowest BCUT2D eigenvalue weighted by Crippen LogP contribution is -2.61. The third-order valence-corrected chi connectivity index (χ3v) is 9.63. The highest BCUT2D eigenvalue weighted by molar-refractivity contribution is 5.82. The first-order valence-corrected chi connectivity index (χ1v) is 13.4. The van der Waals surface area contributed by atoms with Crippen molar-refractivity contribution in [1.82, 2.24) is 36.8 Å². The number of nitrogens with zero attached hydrogens (tertiary/aromatic N) is 2. The first kappa shape index (κ1) is 25.7. The number of halogens is 3. The van der Waals surface area contributed by atoms with Crippen molar-refractivity contribution >= 4 is 5.91 Å². The second-order valence-corrected chi connectivity index (χ2v) is 11.9. The molecule has 5 aliphatic rings. The molecule has 5 N–H and O–H groups in total. The molecule has 11 heteroatoms. The minimum atomic E-state index is -4.23. The highest BCUT2D eigenvalue weighted by Crippen LogP contribution is 2.49. The number of amides is 1. The van der Waals surface area contributed by atoms with E-state index >= 15 is 0 Å². The van der Waals surface area contributed by atoms with Crippen LogP contribution in [-0.2, 0) is 4.79 Å². The van der Waals surface area contributed by atoms with Gasteiger partial charge in [0.15, 0.2) is 0 Å². The van der Waals surface area contributed by atoms with Crippen LogP contribution < -0.4 is 27.0 Å². The number of hydrogen-bond acceptors (Lipinski definition) is 7. The van der Waals surface area contributed by atoms with Gasteiger partial charge in [-0.25, -0.2) is 10.9 Å². The molecule has 5 rings (SSSR count). The first-order valence-electron chi connectivity index (χ1n) is 13.4. The van der Waals surface area contributed by atoms with Gasteiger partial charge in [0.25, 0.3) is 0 Å². The minimum Gasteiger partial charge on any atom is -0.327 e. The number of carbonyl (C=O) groups is 1. The molecule has 0 radical (unpaired) electrons. The molecule has 1 aliphatic carbocycles. The number of hydrazine groups is 2. The largest absolute Gasteiger partial charge is 0.392 e. The smallest absolute Gasteiger partial charge is 0.327 e. The Morgan fingerprint density at radius 1 is 1.14 bits per heavy atom. The highest BCUT2D eigenvalue weighted by atomic mass is 19.4. The van der Waals surface area contributed by atoms with Crippen LogP contribution in [0.25, 0.3) is 0 Å². The highest BCUT2D eigenvalue weighted by Gasteiger charge is 2.56. The summed E-state index contributed by atoms with van der Waals surface area (Å²) in [6.45, 7) is 6.41. The Balaban J connectivity index is 1.34. The quantitative estimate of drug-likeness (QED) is 0.391. The number of piperidine rings is 1. The SMILES string of the molecule is CC1CNNC1C1CC([C@H](C)CC2NNCN2C)CC(N2CC3C(CCCC3C(F)(F)F)C2=O)N1. The van der Waals surface area contributed by atoms with Crippen LogP contribution in [0.5, 0.6) is 0 Å². The zero-order chi connectivity index (χ0) is 24.9. The molecule has 9 unspecified atom stereocenters. The molecular weight excluding hydrogens is 459 g/mol. The predicted molar refractivity (Wildman–Crippen MR) is 126 cm³/mol. The second kappa shape index (κ2) is 10.1. The third-order valence-electron chi connectivity index (χ3n) is 9.63. The van der Waals surface area contributed by atoms with E-state index in [-0.39, 0.29) is 43.3 Å². The van der Waals surface area contributed by atoms with E-state index in [4.69, 9.17) is 0 Å². The zero-order valence-corrected chi connectivity index (χ0v) is 21.1. The molecule has 4 heterocycles. The van der Waals surface area contributed by atoms with Gasteiger partial charge in [0.2, 0.25) is 5.91 Å². The molecule has 10 atom stereocenters. The molecule has 0 spiro atoms. The number of likely N-dealkylation sites (tertiary alicyclic amines) is 1. The van der Waals surface area contributed by atoms with Gasteiger partial charge in [-0.1, -0.05) is 20.3 Å². The molecule has 0 aromatic carbocycles. The van der Waals surface area contributed by atoms with E-state index in [1.165, 1.54) is 0 Å². The minimum absolute atomic E-state index is 0.0690. The summed E-state index contributed by atoms with van der Waals surface area (Å²) in [7, 11) is 2.09. The molecule has 5 fully saturated rings. The van der Waals surface area contributed by atoms with E-state index in [0.717, 1.165) is 32.5 Å². The topological polar surface area (TPSA) is 83.7 Å². The van der Waals surface area contributed by atoms with E-state index in [1.807, 2.05) is 0 Å². The molecule has 35 heavy (non-hydrogen) atoms. The molecule has 0 aromatic rings. The predicted octanol–water partition coefficient (Wildman–Crippen LogP) is 1.58. The number of carbonyl (C=O) groups excluding carboxylic acids is 1. The van der Waals surface area contributed by atoms with Crippen molar-refractivity contribution in [3.8, 4) is 0 Å². The molecular formula is C24H42F3N7O. The summed E-state index contributed by atoms with van der Waals surface area (Å²) in [5.74, 6) is -1.30. The molecule has 8 nitrogen and oxygen atoms in total. The second-order valence-electron chi connectivity index (χ2n) is 11.9. The van der Waals surface area contributed by atoms with Crippen LogP contribution >= 0.6 is 0 Å². The van der Waals surface area contributed by atoms with Gasteiger partial charge in [-0.2, -0.15) is 13.2 Å². The summed E-state index contributed by atoms with van der Waals surface area (Å²) in [6, 6.07) is 0.386. The van der Waals surface area contributed by atoms with E-state index in [2.05, 4.69) is 52.8 Å². The Labute approximate surface area is 206 Å². The maximum Gasteiger partial charge on any atom is 0.392 e.